The molecule has 1 aliphatic heterocycles. The summed E-state index contributed by atoms with van der Waals surface area (Å²) in [5.41, 5.74) is 2.86. The summed E-state index contributed by atoms with van der Waals surface area (Å²) in [6, 6.07) is 15.7. The molecule has 0 N–H and O–H groups in total. The molecule has 2 heterocycles. The first-order valence-corrected chi connectivity index (χ1v) is 11.7. The fourth-order valence-electron chi connectivity index (χ4n) is 4.12. The highest BCUT2D eigenvalue weighted by atomic mass is 32.1. The number of fused-ring (bicyclic) bond motifs is 1. The van der Waals surface area contributed by atoms with Gasteiger partial charge in [0, 0.05) is 19.6 Å². The summed E-state index contributed by atoms with van der Waals surface area (Å²) in [6.07, 6.45) is 1.42. The molecule has 6 nitrogen and oxygen atoms in total. The third-order valence-corrected chi connectivity index (χ3v) is 6.68. The fourth-order valence-corrected chi connectivity index (χ4v) is 5.06. The number of rotatable bonds is 3. The number of thiazole rings is 1. The van der Waals surface area contributed by atoms with Gasteiger partial charge < -0.3 is 9.64 Å². The third-order valence-electron chi connectivity index (χ3n) is 5.73. The van der Waals surface area contributed by atoms with Crippen molar-refractivity contribution < 1.29 is 9.53 Å². The van der Waals surface area contributed by atoms with Gasteiger partial charge in [-0.15, -0.1) is 0 Å². The van der Waals surface area contributed by atoms with Crippen molar-refractivity contribution >= 4 is 27.6 Å². The van der Waals surface area contributed by atoms with Gasteiger partial charge in [-0.2, -0.15) is 5.26 Å². The van der Waals surface area contributed by atoms with Gasteiger partial charge in [0.05, 0.1) is 21.8 Å². The molecule has 0 aliphatic carbocycles. The zero-order valence-corrected chi connectivity index (χ0v) is 19.4. The van der Waals surface area contributed by atoms with Crippen molar-refractivity contribution in [2.75, 3.05) is 13.1 Å². The first-order chi connectivity index (χ1) is 15.2. The summed E-state index contributed by atoms with van der Waals surface area (Å²) in [4.78, 5) is 26.8. The third kappa shape index (κ3) is 4.71. The van der Waals surface area contributed by atoms with Crippen LogP contribution in [0.2, 0.25) is 0 Å². The van der Waals surface area contributed by atoms with E-state index in [1.54, 1.807) is 11.0 Å². The number of likely N-dealkylation sites (tertiary alicyclic amines) is 1. The molecule has 166 valence electrons. The van der Waals surface area contributed by atoms with Gasteiger partial charge in [0.25, 0.3) is 0 Å². The molecule has 7 heteroatoms. The van der Waals surface area contributed by atoms with Crippen LogP contribution in [0.5, 0.6) is 0 Å². The molecule has 1 aliphatic rings. The van der Waals surface area contributed by atoms with Gasteiger partial charge in [-0.1, -0.05) is 35.6 Å². The molecule has 1 amide bonds. The second kappa shape index (κ2) is 8.79. The summed E-state index contributed by atoms with van der Waals surface area (Å²) in [7, 11) is 0. The van der Waals surface area contributed by atoms with Crippen molar-refractivity contribution in [2.45, 2.75) is 45.8 Å². The quantitative estimate of drug-likeness (QED) is 0.547. The van der Waals surface area contributed by atoms with Crippen LogP contribution in [0.3, 0.4) is 0 Å². The molecular weight excluding hydrogens is 422 g/mol. The second-order valence-electron chi connectivity index (χ2n) is 9.23. The lowest BCUT2D eigenvalue weighted by atomic mass is 9.96. The number of amides is 1. The van der Waals surface area contributed by atoms with Crippen LogP contribution in [0.25, 0.3) is 21.3 Å². The standard InChI is InChI=1S/C25H27N3O3S/c1-25(2,3)31-23(29)27-12-10-17(11-13-27)16-28-21-9-8-18(14-22(21)32-24(28)30)20-7-5-4-6-19(20)15-26/h4-9,14,17H,10-13,16H2,1-3H3. The molecule has 3 aromatic rings. The number of nitrogens with zero attached hydrogens (tertiary/aromatic N) is 3. The van der Waals surface area contributed by atoms with Crippen molar-refractivity contribution in [3.8, 4) is 17.2 Å². The number of hydrogen-bond donors (Lipinski definition) is 0. The van der Waals surface area contributed by atoms with Crippen LogP contribution in [-0.2, 0) is 11.3 Å². The van der Waals surface area contributed by atoms with E-state index in [1.807, 2.05) is 61.7 Å². The molecule has 0 atom stereocenters. The van der Waals surface area contributed by atoms with Crippen LogP contribution in [0.1, 0.15) is 39.2 Å². The molecule has 1 saturated heterocycles. The van der Waals surface area contributed by atoms with Gasteiger partial charge in [-0.3, -0.25) is 9.36 Å². The van der Waals surface area contributed by atoms with E-state index < -0.39 is 5.60 Å². The topological polar surface area (TPSA) is 75.3 Å². The zero-order chi connectivity index (χ0) is 22.9. The van der Waals surface area contributed by atoms with E-state index in [1.165, 1.54) is 11.3 Å². The molecule has 0 saturated carbocycles. The summed E-state index contributed by atoms with van der Waals surface area (Å²) in [5.74, 6) is 0.336. The Bertz CT molecular complexity index is 1240. The predicted molar refractivity (Wildman–Crippen MR) is 127 cm³/mol. The predicted octanol–water partition coefficient (Wildman–Crippen LogP) is 5.25. The van der Waals surface area contributed by atoms with Crippen LogP contribution in [0.15, 0.2) is 47.3 Å². The second-order valence-corrected chi connectivity index (χ2v) is 10.2. The van der Waals surface area contributed by atoms with Crippen molar-refractivity contribution in [3.63, 3.8) is 0 Å². The van der Waals surface area contributed by atoms with E-state index in [-0.39, 0.29) is 11.0 Å². The normalized spacial score (nSPS) is 15.0. The maximum atomic E-state index is 12.8. The van der Waals surface area contributed by atoms with Crippen molar-refractivity contribution in [1.29, 1.82) is 5.26 Å². The van der Waals surface area contributed by atoms with Crippen LogP contribution >= 0.6 is 11.3 Å². The van der Waals surface area contributed by atoms with Gasteiger partial charge >= 0.3 is 11.0 Å². The maximum Gasteiger partial charge on any atom is 0.410 e. The molecule has 1 fully saturated rings. The highest BCUT2D eigenvalue weighted by Gasteiger charge is 2.27. The minimum atomic E-state index is -0.497. The van der Waals surface area contributed by atoms with E-state index in [0.29, 0.717) is 31.1 Å². The van der Waals surface area contributed by atoms with E-state index in [2.05, 4.69) is 6.07 Å². The Morgan fingerprint density at radius 3 is 2.59 bits per heavy atom. The Hall–Kier alpha value is -3.11. The molecule has 0 radical (unpaired) electrons. The molecule has 0 unspecified atom stereocenters. The number of nitriles is 1. The Balaban J connectivity index is 1.49. The SMILES string of the molecule is CC(C)(C)OC(=O)N1CCC(Cn2c(=O)sc3cc(-c4ccccc4C#N)ccc32)CC1. The number of benzene rings is 2. The summed E-state index contributed by atoms with van der Waals surface area (Å²) in [6.45, 7) is 7.55. The monoisotopic (exact) mass is 449 g/mol. The minimum Gasteiger partial charge on any atom is -0.444 e. The van der Waals surface area contributed by atoms with Crippen LogP contribution in [-0.4, -0.2) is 34.3 Å². The summed E-state index contributed by atoms with van der Waals surface area (Å²) in [5, 5.41) is 9.40. The van der Waals surface area contributed by atoms with Crippen molar-refractivity contribution in [2.24, 2.45) is 5.92 Å². The summed E-state index contributed by atoms with van der Waals surface area (Å²) < 4.78 is 8.25. The van der Waals surface area contributed by atoms with E-state index >= 15 is 0 Å². The largest absolute Gasteiger partial charge is 0.444 e. The molecule has 32 heavy (non-hydrogen) atoms. The molecule has 0 bridgehead atoms. The first-order valence-electron chi connectivity index (χ1n) is 10.9. The lowest BCUT2D eigenvalue weighted by molar-refractivity contribution is 0.0178. The first kappa shape index (κ1) is 22.1. The Morgan fingerprint density at radius 2 is 1.91 bits per heavy atom. The Kier molecular flexibility index (Phi) is 6.07. The smallest absolute Gasteiger partial charge is 0.410 e. The number of carbonyl (C=O) groups is 1. The number of ether oxygens (including phenoxy) is 1. The molecule has 0 spiro atoms. The van der Waals surface area contributed by atoms with Crippen molar-refractivity contribution in [3.05, 3.63) is 57.7 Å². The lowest BCUT2D eigenvalue weighted by Gasteiger charge is -2.33. The Morgan fingerprint density at radius 1 is 1.19 bits per heavy atom. The maximum absolute atomic E-state index is 12.8. The number of hydrogen-bond acceptors (Lipinski definition) is 5. The molecule has 1 aromatic heterocycles. The number of aromatic nitrogens is 1. The van der Waals surface area contributed by atoms with Gasteiger partial charge in [0.1, 0.15) is 5.60 Å². The lowest BCUT2D eigenvalue weighted by Crippen LogP contribution is -2.42. The fraction of sp³-hybridized carbons (Fsp3) is 0.400. The van der Waals surface area contributed by atoms with E-state index in [4.69, 9.17) is 4.74 Å². The van der Waals surface area contributed by atoms with Gasteiger partial charge in [0.15, 0.2) is 0 Å². The van der Waals surface area contributed by atoms with Crippen molar-refractivity contribution in [1.82, 2.24) is 9.47 Å². The van der Waals surface area contributed by atoms with Gasteiger partial charge in [0.2, 0.25) is 0 Å². The average molecular weight is 450 g/mol. The Labute approximate surface area is 191 Å². The van der Waals surface area contributed by atoms with Crippen LogP contribution in [0.4, 0.5) is 4.79 Å². The van der Waals surface area contributed by atoms with E-state index in [0.717, 1.165) is 34.2 Å². The number of piperidine rings is 1. The zero-order valence-electron chi connectivity index (χ0n) is 18.6. The van der Waals surface area contributed by atoms with Crippen LogP contribution in [0, 0.1) is 17.2 Å². The average Bonchev–Trinajstić information content (AvgIpc) is 3.07. The molecular formula is C25H27N3O3S. The van der Waals surface area contributed by atoms with Gasteiger partial charge in [-0.05, 0) is 68.9 Å². The van der Waals surface area contributed by atoms with Crippen LogP contribution < -0.4 is 4.87 Å². The van der Waals surface area contributed by atoms with Gasteiger partial charge in [-0.25, -0.2) is 4.79 Å². The highest BCUT2D eigenvalue weighted by molar-refractivity contribution is 7.16. The van der Waals surface area contributed by atoms with E-state index in [9.17, 15) is 14.9 Å². The minimum absolute atomic E-state index is 0.0280. The number of carbonyl (C=O) groups excluding carboxylic acids is 1. The molecule has 2 aromatic carbocycles. The summed E-state index contributed by atoms with van der Waals surface area (Å²) >= 11 is 1.24. The molecule has 4 rings (SSSR count). The highest BCUT2D eigenvalue weighted by Crippen LogP contribution is 2.29.